The highest BCUT2D eigenvalue weighted by atomic mass is 32.2. The van der Waals surface area contributed by atoms with E-state index in [0.29, 0.717) is 9.79 Å². The fourth-order valence-corrected chi connectivity index (χ4v) is 4.66. The van der Waals surface area contributed by atoms with E-state index in [4.69, 9.17) is 0 Å². The van der Waals surface area contributed by atoms with Gasteiger partial charge in [-0.05, 0) is 45.0 Å². The molecule has 6 heteroatoms. The largest absolute Gasteiger partial charge is 0.392 e. The molecule has 0 aromatic heterocycles. The molecule has 0 radical (unpaired) electrons. The third-order valence-electron chi connectivity index (χ3n) is 4.09. The summed E-state index contributed by atoms with van der Waals surface area (Å²) in [7, 11) is -2.85. The van der Waals surface area contributed by atoms with Crippen molar-refractivity contribution in [3.63, 3.8) is 0 Å². The van der Waals surface area contributed by atoms with Crippen molar-refractivity contribution in [3.05, 3.63) is 59.7 Å². The Bertz CT molecular complexity index is 798. The SMILES string of the molecule is Cc1ccc(S(=O)C[C@@H](O)CC(=O)[C@H](C)S(=O)c2ccc(C)cc2)cc1. The van der Waals surface area contributed by atoms with E-state index in [2.05, 4.69) is 0 Å². The molecule has 0 saturated carbocycles. The lowest BCUT2D eigenvalue weighted by atomic mass is 10.1. The Morgan fingerprint density at radius 1 is 0.923 bits per heavy atom. The van der Waals surface area contributed by atoms with Gasteiger partial charge in [0.25, 0.3) is 0 Å². The Kier molecular flexibility index (Phi) is 7.43. The fourth-order valence-electron chi connectivity index (χ4n) is 2.41. The van der Waals surface area contributed by atoms with Crippen LogP contribution >= 0.6 is 0 Å². The number of aliphatic hydroxyl groups excluding tert-OH is 1. The zero-order chi connectivity index (χ0) is 19.3. The molecule has 1 N–H and O–H groups in total. The zero-order valence-electron chi connectivity index (χ0n) is 15.2. The van der Waals surface area contributed by atoms with E-state index in [9.17, 15) is 18.3 Å². The summed E-state index contributed by atoms with van der Waals surface area (Å²) in [6.07, 6.45) is -1.18. The molecule has 0 fully saturated rings. The zero-order valence-corrected chi connectivity index (χ0v) is 16.8. The third-order valence-corrected chi connectivity index (χ3v) is 7.22. The minimum Gasteiger partial charge on any atom is -0.392 e. The van der Waals surface area contributed by atoms with Crippen LogP contribution < -0.4 is 0 Å². The summed E-state index contributed by atoms with van der Waals surface area (Å²) in [6.45, 7) is 5.48. The van der Waals surface area contributed by atoms with Crippen LogP contribution in [-0.2, 0) is 26.4 Å². The number of carbonyl (C=O) groups is 1. The molecular weight excluding hydrogens is 368 g/mol. The summed E-state index contributed by atoms with van der Waals surface area (Å²) in [5, 5.41) is 9.41. The van der Waals surface area contributed by atoms with Gasteiger partial charge in [0.2, 0.25) is 0 Å². The van der Waals surface area contributed by atoms with Crippen LogP contribution in [0.1, 0.15) is 24.5 Å². The number of aliphatic hydroxyl groups is 1. The lowest BCUT2D eigenvalue weighted by Crippen LogP contribution is -2.29. The van der Waals surface area contributed by atoms with Crippen LogP contribution in [0.25, 0.3) is 0 Å². The Labute approximate surface area is 159 Å². The van der Waals surface area contributed by atoms with Gasteiger partial charge in [-0.1, -0.05) is 35.4 Å². The normalized spacial score (nSPS) is 15.8. The molecule has 0 heterocycles. The maximum Gasteiger partial charge on any atom is 0.151 e. The maximum absolute atomic E-state index is 12.5. The highest BCUT2D eigenvalue weighted by Crippen LogP contribution is 2.16. The van der Waals surface area contributed by atoms with E-state index >= 15 is 0 Å². The van der Waals surface area contributed by atoms with Crippen molar-refractivity contribution in [3.8, 4) is 0 Å². The minimum atomic E-state index is -1.47. The van der Waals surface area contributed by atoms with Gasteiger partial charge < -0.3 is 5.11 Å². The Morgan fingerprint density at radius 3 is 1.88 bits per heavy atom. The van der Waals surface area contributed by atoms with Crippen LogP contribution in [-0.4, -0.2) is 36.4 Å². The maximum atomic E-state index is 12.5. The predicted octanol–water partition coefficient (Wildman–Crippen LogP) is 2.93. The number of hydrogen-bond donors (Lipinski definition) is 1. The van der Waals surface area contributed by atoms with Crippen molar-refractivity contribution < 1.29 is 18.3 Å². The van der Waals surface area contributed by atoms with E-state index < -0.39 is 33.0 Å². The molecule has 4 atom stereocenters. The molecule has 0 aliphatic heterocycles. The van der Waals surface area contributed by atoms with Gasteiger partial charge in [0.15, 0.2) is 5.78 Å². The Morgan fingerprint density at radius 2 is 1.38 bits per heavy atom. The molecule has 4 nitrogen and oxygen atoms in total. The van der Waals surface area contributed by atoms with Crippen LogP contribution in [0.3, 0.4) is 0 Å². The predicted molar refractivity (Wildman–Crippen MR) is 105 cm³/mol. The standard InChI is InChI=1S/C20H24O4S2/c1-14-4-8-18(9-5-14)25(23)13-17(21)12-20(22)16(3)26(24)19-10-6-15(2)7-11-19/h4-11,16-17,21H,12-13H2,1-3H3/t16-,17-,25?,26?/m0/s1. The molecule has 140 valence electrons. The molecule has 2 aromatic carbocycles. The molecule has 0 bridgehead atoms. The number of carbonyl (C=O) groups excluding carboxylic acids is 1. The average Bonchev–Trinajstić information content (AvgIpc) is 2.61. The van der Waals surface area contributed by atoms with Crippen molar-refractivity contribution in [2.45, 2.75) is 48.3 Å². The van der Waals surface area contributed by atoms with Crippen LogP contribution in [0, 0.1) is 13.8 Å². The van der Waals surface area contributed by atoms with Gasteiger partial charge in [-0.15, -0.1) is 0 Å². The smallest absolute Gasteiger partial charge is 0.151 e. The van der Waals surface area contributed by atoms with Crippen LogP contribution in [0.15, 0.2) is 58.3 Å². The molecule has 0 saturated heterocycles. The van der Waals surface area contributed by atoms with E-state index in [0.717, 1.165) is 11.1 Å². The minimum absolute atomic E-state index is 0.0152. The first-order valence-corrected chi connectivity index (χ1v) is 10.9. The molecule has 2 aromatic rings. The van der Waals surface area contributed by atoms with E-state index in [1.807, 2.05) is 38.1 Å². The van der Waals surface area contributed by atoms with Crippen molar-refractivity contribution >= 4 is 27.4 Å². The quantitative estimate of drug-likeness (QED) is 0.750. The summed E-state index contributed by atoms with van der Waals surface area (Å²) >= 11 is 0. The lowest BCUT2D eigenvalue weighted by Gasteiger charge is -2.14. The molecule has 26 heavy (non-hydrogen) atoms. The molecule has 0 aliphatic rings. The van der Waals surface area contributed by atoms with Gasteiger partial charge in [-0.3, -0.25) is 13.2 Å². The van der Waals surface area contributed by atoms with E-state index in [1.54, 1.807) is 31.2 Å². The number of rotatable bonds is 8. The Balaban J connectivity index is 1.93. The van der Waals surface area contributed by atoms with Gasteiger partial charge in [0, 0.05) is 16.2 Å². The number of benzene rings is 2. The Hall–Kier alpha value is -1.63. The fraction of sp³-hybridized carbons (Fsp3) is 0.350. The lowest BCUT2D eigenvalue weighted by molar-refractivity contribution is -0.119. The monoisotopic (exact) mass is 392 g/mol. The summed E-state index contributed by atoms with van der Waals surface area (Å²) in [6, 6.07) is 14.4. The van der Waals surface area contributed by atoms with Gasteiger partial charge in [0.05, 0.1) is 38.7 Å². The highest BCUT2D eigenvalue weighted by Gasteiger charge is 2.24. The molecule has 0 amide bonds. The molecule has 2 unspecified atom stereocenters. The van der Waals surface area contributed by atoms with Crippen molar-refractivity contribution in [1.82, 2.24) is 0 Å². The molecule has 0 aliphatic carbocycles. The molecule has 2 rings (SSSR count). The topological polar surface area (TPSA) is 71.4 Å². The summed E-state index contributed by atoms with van der Waals surface area (Å²) in [5.41, 5.74) is 2.12. The van der Waals surface area contributed by atoms with Gasteiger partial charge in [-0.25, -0.2) is 0 Å². The average molecular weight is 393 g/mol. The second-order valence-electron chi connectivity index (χ2n) is 6.40. The second kappa shape index (κ2) is 9.35. The third kappa shape index (κ3) is 5.69. The molecular formula is C20H24O4S2. The number of aryl methyl sites for hydroxylation is 2. The van der Waals surface area contributed by atoms with E-state index in [1.165, 1.54) is 0 Å². The van der Waals surface area contributed by atoms with Gasteiger partial charge in [-0.2, -0.15) is 0 Å². The second-order valence-corrected chi connectivity index (χ2v) is 9.67. The number of hydrogen-bond acceptors (Lipinski definition) is 4. The first-order valence-electron chi connectivity index (χ1n) is 8.41. The summed E-state index contributed by atoms with van der Waals surface area (Å²) in [4.78, 5) is 13.6. The van der Waals surface area contributed by atoms with Crippen LogP contribution in [0.2, 0.25) is 0 Å². The van der Waals surface area contributed by atoms with Gasteiger partial charge in [0.1, 0.15) is 0 Å². The van der Waals surface area contributed by atoms with Crippen molar-refractivity contribution in [2.24, 2.45) is 0 Å². The van der Waals surface area contributed by atoms with Gasteiger partial charge >= 0.3 is 0 Å². The number of Topliss-reactive ketones (excluding diaryl/α,β-unsaturated/α-hetero) is 1. The first-order chi connectivity index (χ1) is 12.3. The summed E-state index contributed by atoms with van der Waals surface area (Å²) < 4.78 is 24.8. The number of ketones is 1. The van der Waals surface area contributed by atoms with Crippen molar-refractivity contribution in [1.29, 1.82) is 0 Å². The first kappa shape index (κ1) is 20.7. The summed E-state index contributed by atoms with van der Waals surface area (Å²) in [5.74, 6) is -0.309. The van der Waals surface area contributed by atoms with Crippen LogP contribution in [0.4, 0.5) is 0 Å². The van der Waals surface area contributed by atoms with Crippen LogP contribution in [0.5, 0.6) is 0 Å². The van der Waals surface area contributed by atoms with Crippen molar-refractivity contribution in [2.75, 3.05) is 5.75 Å². The van der Waals surface area contributed by atoms with E-state index in [-0.39, 0.29) is 18.0 Å². The highest BCUT2D eigenvalue weighted by molar-refractivity contribution is 7.86. The molecule has 0 spiro atoms.